The molecule has 1 N–H and O–H groups in total. The van der Waals surface area contributed by atoms with E-state index in [2.05, 4.69) is 51.5 Å². The van der Waals surface area contributed by atoms with E-state index in [9.17, 15) is 4.39 Å². The summed E-state index contributed by atoms with van der Waals surface area (Å²) in [6, 6.07) is 5.48. The van der Waals surface area contributed by atoms with Gasteiger partial charge in [-0.2, -0.15) is 0 Å². The molecule has 1 aromatic carbocycles. The van der Waals surface area contributed by atoms with Gasteiger partial charge in [0.2, 0.25) is 0 Å². The van der Waals surface area contributed by atoms with Gasteiger partial charge in [-0.3, -0.25) is 4.90 Å². The van der Waals surface area contributed by atoms with Crippen molar-refractivity contribution < 1.29 is 9.50 Å². The maximum absolute atomic E-state index is 13.7. The molecule has 1 atom stereocenters. The van der Waals surface area contributed by atoms with Gasteiger partial charge in [0.25, 0.3) is 0 Å². The number of nitrogens with zero attached hydrogens (tertiary/aromatic N) is 1. The number of rotatable bonds is 4. The van der Waals surface area contributed by atoms with Crippen molar-refractivity contribution in [3.8, 4) is 11.8 Å². The monoisotopic (exact) mass is 291 g/mol. The van der Waals surface area contributed by atoms with Crippen molar-refractivity contribution >= 4 is 0 Å². The van der Waals surface area contributed by atoms with E-state index < -0.39 is 0 Å². The maximum atomic E-state index is 13.7. The van der Waals surface area contributed by atoms with Gasteiger partial charge < -0.3 is 5.11 Å². The van der Waals surface area contributed by atoms with Crippen LogP contribution in [0.25, 0.3) is 0 Å². The lowest BCUT2D eigenvalue weighted by Crippen LogP contribution is -2.38. The average molecular weight is 291 g/mol. The minimum atomic E-state index is -0.310. The van der Waals surface area contributed by atoms with Crippen molar-refractivity contribution in [1.82, 2.24) is 4.90 Å². The van der Waals surface area contributed by atoms with Gasteiger partial charge >= 0.3 is 0 Å². The Labute approximate surface area is 128 Å². The summed E-state index contributed by atoms with van der Waals surface area (Å²) in [5, 5.41) is 8.72. The molecule has 0 aliphatic heterocycles. The van der Waals surface area contributed by atoms with Crippen LogP contribution in [-0.2, 0) is 6.54 Å². The smallest absolute Gasteiger partial charge is 0.138 e. The molecule has 0 radical (unpaired) electrons. The van der Waals surface area contributed by atoms with E-state index in [-0.39, 0.29) is 17.8 Å². The second-order valence-electron chi connectivity index (χ2n) is 6.55. The van der Waals surface area contributed by atoms with Gasteiger partial charge in [0, 0.05) is 19.0 Å². The summed E-state index contributed by atoms with van der Waals surface area (Å²) in [6.07, 6.45) is 0.366. The molecule has 0 aliphatic rings. The zero-order valence-electron chi connectivity index (χ0n) is 13.7. The lowest BCUT2D eigenvalue weighted by molar-refractivity contribution is 0.134. The predicted octanol–water partition coefficient (Wildman–Crippen LogP) is 3.43. The average Bonchev–Trinajstić information content (AvgIpc) is 2.40. The highest BCUT2D eigenvalue weighted by molar-refractivity contribution is 5.38. The molecule has 0 heterocycles. The highest BCUT2D eigenvalue weighted by Crippen LogP contribution is 2.24. The molecular weight excluding hydrogens is 265 g/mol. The van der Waals surface area contributed by atoms with E-state index in [1.54, 1.807) is 12.1 Å². The van der Waals surface area contributed by atoms with E-state index in [1.807, 2.05) is 0 Å². The molecule has 0 fully saturated rings. The fourth-order valence-corrected chi connectivity index (χ4v) is 2.07. The summed E-state index contributed by atoms with van der Waals surface area (Å²) < 4.78 is 13.7. The zero-order chi connectivity index (χ0) is 16.0. The summed E-state index contributed by atoms with van der Waals surface area (Å²) in [5.74, 6) is 5.24. The quantitative estimate of drug-likeness (QED) is 0.859. The normalized spacial score (nSPS) is 13.0. The van der Waals surface area contributed by atoms with Gasteiger partial charge in [-0.05, 0) is 37.1 Å². The standard InChI is InChI=1S/C18H26FNO/c1-14(18(2,3)4)20(5)13-15-9-10-17(19)16(12-15)8-6-7-11-21/h9-10,12,14,21H,7,11,13H2,1-5H3. The Morgan fingerprint density at radius 1 is 1.33 bits per heavy atom. The molecule has 0 bridgehead atoms. The summed E-state index contributed by atoms with van der Waals surface area (Å²) in [6.45, 7) is 9.60. The maximum Gasteiger partial charge on any atom is 0.138 e. The largest absolute Gasteiger partial charge is 0.395 e. The zero-order valence-corrected chi connectivity index (χ0v) is 13.7. The van der Waals surface area contributed by atoms with Gasteiger partial charge in [0.15, 0.2) is 0 Å². The molecule has 116 valence electrons. The third kappa shape index (κ3) is 5.49. The molecule has 1 rings (SSSR count). The third-order valence-corrected chi connectivity index (χ3v) is 3.84. The number of aliphatic hydroxyl groups excluding tert-OH is 1. The summed E-state index contributed by atoms with van der Waals surface area (Å²) >= 11 is 0. The minimum Gasteiger partial charge on any atom is -0.395 e. The van der Waals surface area contributed by atoms with Gasteiger partial charge in [-0.15, -0.1) is 0 Å². The summed E-state index contributed by atoms with van der Waals surface area (Å²) in [7, 11) is 2.08. The number of hydrogen-bond donors (Lipinski definition) is 1. The third-order valence-electron chi connectivity index (χ3n) is 3.84. The van der Waals surface area contributed by atoms with Crippen LogP contribution in [0.4, 0.5) is 4.39 Å². The Morgan fingerprint density at radius 2 is 2.00 bits per heavy atom. The first-order chi connectivity index (χ1) is 9.75. The molecule has 0 amide bonds. The number of benzene rings is 1. The van der Waals surface area contributed by atoms with Crippen LogP contribution >= 0.6 is 0 Å². The first-order valence-corrected chi connectivity index (χ1v) is 7.34. The van der Waals surface area contributed by atoms with Crippen molar-refractivity contribution in [1.29, 1.82) is 0 Å². The van der Waals surface area contributed by atoms with Crippen LogP contribution in [0.2, 0.25) is 0 Å². The van der Waals surface area contributed by atoms with Crippen molar-refractivity contribution in [2.75, 3.05) is 13.7 Å². The first kappa shape index (κ1) is 17.7. The van der Waals surface area contributed by atoms with E-state index in [4.69, 9.17) is 5.11 Å². The van der Waals surface area contributed by atoms with Crippen LogP contribution in [-0.4, -0.2) is 29.7 Å². The van der Waals surface area contributed by atoms with Gasteiger partial charge in [-0.1, -0.05) is 38.7 Å². The highest BCUT2D eigenvalue weighted by atomic mass is 19.1. The predicted molar refractivity (Wildman–Crippen MR) is 85.4 cm³/mol. The summed E-state index contributed by atoms with van der Waals surface area (Å²) in [4.78, 5) is 2.26. The van der Waals surface area contributed by atoms with E-state index >= 15 is 0 Å². The Balaban J connectivity index is 2.86. The first-order valence-electron chi connectivity index (χ1n) is 7.34. The van der Waals surface area contributed by atoms with Crippen LogP contribution in [0.1, 0.15) is 45.2 Å². The number of halogens is 1. The Morgan fingerprint density at radius 3 is 2.57 bits per heavy atom. The van der Waals surface area contributed by atoms with Crippen LogP contribution in [0.3, 0.4) is 0 Å². The van der Waals surface area contributed by atoms with Crippen LogP contribution in [0, 0.1) is 23.1 Å². The van der Waals surface area contributed by atoms with Crippen molar-refractivity contribution in [2.24, 2.45) is 5.41 Å². The van der Waals surface area contributed by atoms with Crippen molar-refractivity contribution in [3.63, 3.8) is 0 Å². The second-order valence-corrected chi connectivity index (χ2v) is 6.55. The molecule has 3 heteroatoms. The molecule has 1 aromatic rings. The molecule has 0 aliphatic carbocycles. The van der Waals surface area contributed by atoms with Gasteiger partial charge in [-0.25, -0.2) is 4.39 Å². The SMILES string of the molecule is CC(N(C)Cc1ccc(F)c(C#CCCO)c1)C(C)(C)C. The van der Waals surface area contributed by atoms with E-state index in [0.29, 0.717) is 18.0 Å². The Kier molecular flexibility index (Phi) is 6.39. The van der Waals surface area contributed by atoms with Crippen LogP contribution in [0.5, 0.6) is 0 Å². The molecule has 21 heavy (non-hydrogen) atoms. The van der Waals surface area contributed by atoms with E-state index in [0.717, 1.165) is 12.1 Å². The Hall–Kier alpha value is -1.37. The second kappa shape index (κ2) is 7.59. The molecule has 0 spiro atoms. The molecule has 0 saturated carbocycles. The Bertz CT molecular complexity index is 522. The van der Waals surface area contributed by atoms with Crippen LogP contribution < -0.4 is 0 Å². The highest BCUT2D eigenvalue weighted by Gasteiger charge is 2.23. The minimum absolute atomic E-state index is 0.000144. The van der Waals surface area contributed by atoms with Gasteiger partial charge in [0.1, 0.15) is 5.82 Å². The summed E-state index contributed by atoms with van der Waals surface area (Å²) in [5.41, 5.74) is 1.64. The molecule has 2 nitrogen and oxygen atoms in total. The van der Waals surface area contributed by atoms with Crippen LogP contribution in [0.15, 0.2) is 18.2 Å². The van der Waals surface area contributed by atoms with E-state index in [1.165, 1.54) is 6.07 Å². The molecular formula is C18H26FNO. The fraction of sp³-hybridized carbons (Fsp3) is 0.556. The van der Waals surface area contributed by atoms with Crippen molar-refractivity contribution in [2.45, 2.75) is 46.7 Å². The molecule has 1 unspecified atom stereocenters. The topological polar surface area (TPSA) is 23.5 Å². The fourth-order valence-electron chi connectivity index (χ4n) is 2.07. The van der Waals surface area contributed by atoms with Gasteiger partial charge in [0.05, 0.1) is 12.2 Å². The molecule has 0 aromatic heterocycles. The lowest BCUT2D eigenvalue weighted by Gasteiger charge is -2.35. The number of aliphatic hydroxyl groups is 1. The lowest BCUT2D eigenvalue weighted by atomic mass is 9.87. The van der Waals surface area contributed by atoms with Crippen molar-refractivity contribution in [3.05, 3.63) is 35.1 Å². The molecule has 0 saturated heterocycles. The number of hydrogen-bond acceptors (Lipinski definition) is 2.